The van der Waals surface area contributed by atoms with E-state index in [0.29, 0.717) is 17.1 Å². The number of allylic oxidation sites excluding steroid dienone is 1. The molecule has 1 aromatic carbocycles. The summed E-state index contributed by atoms with van der Waals surface area (Å²) in [5.74, 6) is 2.15. The smallest absolute Gasteiger partial charge is 0.231 e. The Hall–Kier alpha value is -1.68. The van der Waals surface area contributed by atoms with Crippen molar-refractivity contribution in [1.82, 2.24) is 0 Å². The molecular weight excluding hydrogens is 316 g/mol. The van der Waals surface area contributed by atoms with E-state index in [1.807, 2.05) is 0 Å². The fraction of sp³-hybridized carbons (Fsp3) is 0.619. The lowest BCUT2D eigenvalue weighted by Crippen LogP contribution is -2.35. The van der Waals surface area contributed by atoms with E-state index in [1.54, 1.807) is 21.0 Å². The Bertz CT molecular complexity index is 782. The first-order chi connectivity index (χ1) is 11.6. The van der Waals surface area contributed by atoms with Crippen molar-refractivity contribution >= 4 is 6.08 Å². The van der Waals surface area contributed by atoms with Crippen molar-refractivity contribution < 1.29 is 19.3 Å². The summed E-state index contributed by atoms with van der Waals surface area (Å²) in [5, 5.41) is 10.8. The SMILES string of the molecule is COc1c2c(c3c(c1C(C)(C)O)OCO3)C1(C)CCCC(C)(C)C1=C2. The normalized spacial score (nSPS) is 26.1. The highest BCUT2D eigenvalue weighted by Crippen LogP contribution is 2.64. The van der Waals surface area contributed by atoms with Crippen molar-refractivity contribution in [3.05, 3.63) is 22.3 Å². The third-order valence-electron chi connectivity index (χ3n) is 6.27. The third-order valence-corrected chi connectivity index (χ3v) is 6.27. The summed E-state index contributed by atoms with van der Waals surface area (Å²) >= 11 is 0. The van der Waals surface area contributed by atoms with Crippen LogP contribution < -0.4 is 14.2 Å². The molecule has 0 aromatic heterocycles. The molecule has 25 heavy (non-hydrogen) atoms. The predicted octanol–water partition coefficient (Wildman–Crippen LogP) is 4.52. The van der Waals surface area contributed by atoms with Crippen LogP contribution in [0.1, 0.15) is 70.6 Å². The highest BCUT2D eigenvalue weighted by molar-refractivity contribution is 5.83. The first-order valence-electron chi connectivity index (χ1n) is 9.11. The first kappa shape index (κ1) is 16.8. The predicted molar refractivity (Wildman–Crippen MR) is 97.3 cm³/mol. The van der Waals surface area contributed by atoms with Crippen molar-refractivity contribution in [2.45, 2.75) is 64.9 Å². The van der Waals surface area contributed by atoms with Crippen molar-refractivity contribution in [2.75, 3.05) is 13.9 Å². The van der Waals surface area contributed by atoms with Crippen LogP contribution in [0.3, 0.4) is 0 Å². The van der Waals surface area contributed by atoms with Crippen molar-refractivity contribution in [3.8, 4) is 17.2 Å². The van der Waals surface area contributed by atoms with Gasteiger partial charge in [0.05, 0.1) is 18.3 Å². The Morgan fingerprint density at radius 1 is 1.12 bits per heavy atom. The minimum Gasteiger partial charge on any atom is -0.496 e. The summed E-state index contributed by atoms with van der Waals surface area (Å²) in [6.45, 7) is 10.7. The summed E-state index contributed by atoms with van der Waals surface area (Å²) in [6, 6.07) is 0. The van der Waals surface area contributed by atoms with Crippen molar-refractivity contribution in [3.63, 3.8) is 0 Å². The van der Waals surface area contributed by atoms with Gasteiger partial charge in [0.2, 0.25) is 6.79 Å². The van der Waals surface area contributed by atoms with Crippen LogP contribution in [0.25, 0.3) is 6.08 Å². The zero-order valence-electron chi connectivity index (χ0n) is 16.1. The molecule has 2 aliphatic carbocycles. The zero-order valence-corrected chi connectivity index (χ0v) is 16.1. The van der Waals surface area contributed by atoms with E-state index in [9.17, 15) is 5.11 Å². The van der Waals surface area contributed by atoms with Gasteiger partial charge in [-0.05, 0) is 32.1 Å². The average Bonchev–Trinajstić information content (AvgIpc) is 3.06. The molecule has 0 radical (unpaired) electrons. The van der Waals surface area contributed by atoms with Gasteiger partial charge in [-0.15, -0.1) is 0 Å². The number of methoxy groups -OCH3 is 1. The largest absolute Gasteiger partial charge is 0.496 e. The molecule has 4 heteroatoms. The Balaban J connectivity index is 2.09. The molecule has 0 saturated heterocycles. The van der Waals surface area contributed by atoms with Gasteiger partial charge in [-0.1, -0.05) is 38.8 Å². The van der Waals surface area contributed by atoms with Crippen molar-refractivity contribution in [2.24, 2.45) is 5.41 Å². The average molecular weight is 344 g/mol. The summed E-state index contributed by atoms with van der Waals surface area (Å²) < 4.78 is 17.6. The number of aliphatic hydroxyl groups is 1. The molecule has 0 bridgehead atoms. The van der Waals surface area contributed by atoms with E-state index in [2.05, 4.69) is 26.8 Å². The summed E-state index contributed by atoms with van der Waals surface area (Å²) in [7, 11) is 1.67. The Morgan fingerprint density at radius 3 is 2.44 bits per heavy atom. The second-order valence-corrected chi connectivity index (χ2v) is 8.95. The maximum atomic E-state index is 10.8. The third kappa shape index (κ3) is 2.10. The van der Waals surface area contributed by atoms with Gasteiger partial charge in [-0.25, -0.2) is 0 Å². The van der Waals surface area contributed by atoms with E-state index in [-0.39, 0.29) is 17.6 Å². The van der Waals surface area contributed by atoms with Crippen LogP contribution in [0, 0.1) is 5.41 Å². The fourth-order valence-electron chi connectivity index (χ4n) is 5.24. The van der Waals surface area contributed by atoms with Gasteiger partial charge in [0.1, 0.15) is 5.75 Å². The van der Waals surface area contributed by atoms with Gasteiger partial charge in [-0.2, -0.15) is 0 Å². The van der Waals surface area contributed by atoms with Crippen LogP contribution in [0.5, 0.6) is 17.2 Å². The quantitative estimate of drug-likeness (QED) is 0.857. The lowest BCUT2D eigenvalue weighted by Gasteiger charge is -2.44. The van der Waals surface area contributed by atoms with Gasteiger partial charge in [0.25, 0.3) is 0 Å². The van der Waals surface area contributed by atoms with E-state index < -0.39 is 5.60 Å². The second kappa shape index (κ2) is 4.94. The topological polar surface area (TPSA) is 47.9 Å². The standard InChI is InChI=1S/C21H28O4/c1-19(2)8-7-9-21(5)13(19)10-12-14(21)17-18(25-11-24-17)15(16(12)23-6)20(3,4)22/h10,22H,7-9,11H2,1-6H3. The summed E-state index contributed by atoms with van der Waals surface area (Å²) in [4.78, 5) is 0. The molecule has 3 aliphatic rings. The Labute approximate surface area is 149 Å². The molecule has 0 amide bonds. The van der Waals surface area contributed by atoms with Crippen molar-refractivity contribution in [1.29, 1.82) is 0 Å². The zero-order chi connectivity index (χ0) is 18.2. The minimum atomic E-state index is -1.08. The lowest BCUT2D eigenvalue weighted by molar-refractivity contribution is 0.0714. The number of rotatable bonds is 2. The van der Waals surface area contributed by atoms with Crippen LogP contribution in [0.15, 0.2) is 5.57 Å². The van der Waals surface area contributed by atoms with E-state index >= 15 is 0 Å². The minimum absolute atomic E-state index is 0.0692. The Kier molecular flexibility index (Phi) is 3.31. The lowest BCUT2D eigenvalue weighted by atomic mass is 9.60. The second-order valence-electron chi connectivity index (χ2n) is 8.95. The molecule has 1 N–H and O–H groups in total. The van der Waals surface area contributed by atoms with Gasteiger partial charge in [0, 0.05) is 16.5 Å². The molecule has 1 heterocycles. The molecule has 1 aromatic rings. The number of benzene rings is 1. The summed E-state index contributed by atoms with van der Waals surface area (Å²) in [5.41, 5.74) is 3.33. The molecule has 1 fully saturated rings. The maximum absolute atomic E-state index is 10.8. The molecule has 0 spiro atoms. The van der Waals surface area contributed by atoms with E-state index in [1.165, 1.54) is 24.0 Å². The Morgan fingerprint density at radius 2 is 1.80 bits per heavy atom. The molecular formula is C21H28O4. The van der Waals surface area contributed by atoms with Crippen LogP contribution in [0.2, 0.25) is 0 Å². The first-order valence-corrected chi connectivity index (χ1v) is 9.11. The highest BCUT2D eigenvalue weighted by Gasteiger charge is 2.51. The molecule has 1 atom stereocenters. The van der Waals surface area contributed by atoms with Crippen LogP contribution in [-0.4, -0.2) is 19.0 Å². The maximum Gasteiger partial charge on any atom is 0.231 e. The number of hydrogen-bond donors (Lipinski definition) is 1. The van der Waals surface area contributed by atoms with Gasteiger partial charge in [-0.3, -0.25) is 0 Å². The monoisotopic (exact) mass is 344 g/mol. The van der Waals surface area contributed by atoms with Crippen LogP contribution >= 0.6 is 0 Å². The highest BCUT2D eigenvalue weighted by atomic mass is 16.7. The molecule has 4 rings (SSSR count). The van der Waals surface area contributed by atoms with Crippen LogP contribution in [0.4, 0.5) is 0 Å². The molecule has 136 valence electrons. The van der Waals surface area contributed by atoms with E-state index in [4.69, 9.17) is 14.2 Å². The fourth-order valence-corrected chi connectivity index (χ4v) is 5.24. The number of ether oxygens (including phenoxy) is 3. The molecule has 4 nitrogen and oxygen atoms in total. The number of fused-ring (bicyclic) bond motifs is 5. The molecule has 1 unspecified atom stereocenters. The molecule has 1 saturated carbocycles. The molecule has 1 aliphatic heterocycles. The van der Waals surface area contributed by atoms with E-state index in [0.717, 1.165) is 17.7 Å². The van der Waals surface area contributed by atoms with Gasteiger partial charge < -0.3 is 19.3 Å². The summed E-state index contributed by atoms with van der Waals surface area (Å²) in [6.07, 6.45) is 5.74. The van der Waals surface area contributed by atoms with Gasteiger partial charge in [0.15, 0.2) is 11.5 Å². The van der Waals surface area contributed by atoms with Crippen LogP contribution in [-0.2, 0) is 11.0 Å². The van der Waals surface area contributed by atoms with Gasteiger partial charge >= 0.3 is 0 Å². The number of hydrogen-bond acceptors (Lipinski definition) is 4.